The molecule has 168 valence electrons. The molecule has 0 saturated heterocycles. The summed E-state index contributed by atoms with van der Waals surface area (Å²) in [7, 11) is 3.88. The number of fused-ring (bicyclic) bond motifs is 1. The number of carbonyl (C=O) groups excluding carboxylic acids is 1. The summed E-state index contributed by atoms with van der Waals surface area (Å²) in [4.78, 5) is 34.1. The van der Waals surface area contributed by atoms with Crippen molar-refractivity contribution in [2.75, 3.05) is 23.9 Å². The number of carbonyl (C=O) groups is 2. The molecule has 0 spiro atoms. The number of nitrogens with zero attached hydrogens (tertiary/aromatic N) is 4. The van der Waals surface area contributed by atoms with Crippen molar-refractivity contribution < 1.29 is 14.7 Å². The average molecular weight is 447 g/mol. The number of hydrogen-bond donors (Lipinski definition) is 1. The Morgan fingerprint density at radius 1 is 1.16 bits per heavy atom. The molecule has 2 amide bonds. The lowest BCUT2D eigenvalue weighted by Gasteiger charge is -2.43. The highest BCUT2D eigenvalue weighted by atomic mass is 35.5. The molecule has 0 aliphatic carbocycles. The van der Waals surface area contributed by atoms with Crippen LogP contribution >= 0.6 is 12.4 Å². The summed E-state index contributed by atoms with van der Waals surface area (Å²) in [5.74, 6) is 0.821. The van der Waals surface area contributed by atoms with E-state index in [4.69, 9.17) is 0 Å². The third-order valence-electron chi connectivity index (χ3n) is 5.64. The van der Waals surface area contributed by atoms with Gasteiger partial charge in [0.05, 0.1) is 6.04 Å². The summed E-state index contributed by atoms with van der Waals surface area (Å²) in [6, 6.07) is 9.27. The van der Waals surface area contributed by atoms with Gasteiger partial charge in [-0.1, -0.05) is 6.07 Å². The first-order valence-electron chi connectivity index (χ1n) is 10.2. The van der Waals surface area contributed by atoms with E-state index in [2.05, 4.69) is 4.98 Å². The molecule has 7 nitrogen and oxygen atoms in total. The highest BCUT2D eigenvalue weighted by molar-refractivity contribution is 5.94. The van der Waals surface area contributed by atoms with Crippen molar-refractivity contribution in [1.82, 2.24) is 9.88 Å². The average Bonchev–Trinajstić information content (AvgIpc) is 2.67. The fourth-order valence-electron chi connectivity index (χ4n) is 4.29. The van der Waals surface area contributed by atoms with Crippen LogP contribution in [0.25, 0.3) is 11.1 Å². The molecule has 0 radical (unpaired) electrons. The number of pyridine rings is 1. The van der Waals surface area contributed by atoms with Crippen LogP contribution in [0.1, 0.15) is 45.7 Å². The van der Waals surface area contributed by atoms with Gasteiger partial charge in [-0.3, -0.25) is 9.69 Å². The fraction of sp³-hybridized carbons (Fsp3) is 0.435. The first-order chi connectivity index (χ1) is 14.1. The number of halogens is 1. The number of hydrogen-bond acceptors (Lipinski definition) is 4. The Morgan fingerprint density at radius 3 is 2.29 bits per heavy atom. The number of rotatable bonds is 4. The molecular formula is C23H31ClN4O3. The lowest BCUT2D eigenvalue weighted by molar-refractivity contribution is -0.117. The van der Waals surface area contributed by atoms with Crippen LogP contribution in [0.3, 0.4) is 0 Å². The molecule has 1 aliphatic rings. The second kappa shape index (κ2) is 9.56. The van der Waals surface area contributed by atoms with Crippen LogP contribution < -0.4 is 9.80 Å². The second-order valence-corrected chi connectivity index (χ2v) is 8.35. The van der Waals surface area contributed by atoms with Gasteiger partial charge in [0.25, 0.3) is 0 Å². The van der Waals surface area contributed by atoms with E-state index >= 15 is 0 Å². The van der Waals surface area contributed by atoms with Crippen LogP contribution in [0.5, 0.6) is 0 Å². The lowest BCUT2D eigenvalue weighted by atomic mass is 9.88. The summed E-state index contributed by atoms with van der Waals surface area (Å²) < 4.78 is 0. The summed E-state index contributed by atoms with van der Waals surface area (Å²) in [5.41, 5.74) is 3.53. The molecule has 31 heavy (non-hydrogen) atoms. The molecule has 2 aromatic rings. The van der Waals surface area contributed by atoms with Crippen LogP contribution in [-0.2, 0) is 4.79 Å². The standard InChI is InChI=1S/C23H30N4O3.ClH/c1-14(2)26(23(29)30)21-11-15(3)27(16(4)28)20-9-7-17(12-19(20)21)18-8-10-22(24-13-18)25(5)6;/h7-10,12-15,21H,11H2,1-6H3,(H,29,30);1H/t15-,21+;/m0./s1. The Balaban J connectivity index is 0.00000341. The zero-order chi connectivity index (χ0) is 22.2. The molecule has 0 bridgehead atoms. The van der Waals surface area contributed by atoms with E-state index in [0.29, 0.717) is 6.42 Å². The minimum absolute atomic E-state index is 0. The molecule has 3 rings (SSSR count). The van der Waals surface area contributed by atoms with Crippen LogP contribution in [0.2, 0.25) is 0 Å². The highest BCUT2D eigenvalue weighted by Crippen LogP contribution is 2.43. The van der Waals surface area contributed by atoms with Gasteiger partial charge in [0.2, 0.25) is 5.91 Å². The third kappa shape index (κ3) is 4.77. The first-order valence-corrected chi connectivity index (χ1v) is 10.2. The Bertz CT molecular complexity index is 946. The van der Waals surface area contributed by atoms with Gasteiger partial charge in [-0.2, -0.15) is 0 Å². The van der Waals surface area contributed by atoms with Crippen molar-refractivity contribution in [2.45, 2.75) is 52.2 Å². The number of anilines is 2. The maximum Gasteiger partial charge on any atom is 0.408 e. The topological polar surface area (TPSA) is 77.0 Å². The van der Waals surface area contributed by atoms with Crippen molar-refractivity contribution in [2.24, 2.45) is 0 Å². The molecule has 8 heteroatoms. The van der Waals surface area contributed by atoms with Crippen LogP contribution in [0.4, 0.5) is 16.3 Å². The Morgan fingerprint density at radius 2 is 1.81 bits per heavy atom. The lowest BCUT2D eigenvalue weighted by Crippen LogP contribution is -2.48. The number of amides is 2. The third-order valence-corrected chi connectivity index (χ3v) is 5.64. The van der Waals surface area contributed by atoms with Crippen molar-refractivity contribution in [3.8, 4) is 11.1 Å². The molecule has 0 fully saturated rings. The fourth-order valence-corrected chi connectivity index (χ4v) is 4.29. The molecule has 0 saturated carbocycles. The van der Waals surface area contributed by atoms with Crippen molar-refractivity contribution in [3.63, 3.8) is 0 Å². The van der Waals surface area contributed by atoms with Gasteiger partial charge >= 0.3 is 6.09 Å². The zero-order valence-electron chi connectivity index (χ0n) is 18.9. The molecular weight excluding hydrogens is 416 g/mol. The first kappa shape index (κ1) is 24.5. The van der Waals surface area contributed by atoms with E-state index in [-0.39, 0.29) is 36.4 Å². The molecule has 1 aliphatic heterocycles. The van der Waals surface area contributed by atoms with Crippen molar-refractivity contribution in [3.05, 3.63) is 42.1 Å². The summed E-state index contributed by atoms with van der Waals surface area (Å²) in [6.07, 6.45) is 1.42. The van der Waals surface area contributed by atoms with E-state index < -0.39 is 6.09 Å². The van der Waals surface area contributed by atoms with Gasteiger partial charge < -0.3 is 14.9 Å². The SMILES string of the molecule is CC(=O)N1c2ccc(-c3ccc(N(C)C)nc3)cc2[C@H](N(C(=O)O)C(C)C)C[C@@H]1C.Cl. The van der Waals surface area contributed by atoms with E-state index in [1.54, 1.807) is 11.8 Å². The zero-order valence-corrected chi connectivity index (χ0v) is 19.7. The predicted octanol–water partition coefficient (Wildman–Crippen LogP) is 4.81. The maximum absolute atomic E-state index is 12.4. The molecule has 2 atom stereocenters. The molecule has 1 aromatic heterocycles. The number of carboxylic acid groups (broad SMARTS) is 1. The number of benzene rings is 1. The number of aromatic nitrogens is 1. The van der Waals surface area contributed by atoms with Gasteiger partial charge in [0.15, 0.2) is 0 Å². The van der Waals surface area contributed by atoms with Crippen LogP contribution in [-0.4, -0.2) is 53.2 Å². The largest absolute Gasteiger partial charge is 0.465 e. The van der Waals surface area contributed by atoms with Gasteiger partial charge in [0.1, 0.15) is 5.82 Å². The van der Waals surface area contributed by atoms with Gasteiger partial charge in [-0.15, -0.1) is 12.4 Å². The quantitative estimate of drug-likeness (QED) is 0.729. The normalized spacial score (nSPS) is 17.6. The van der Waals surface area contributed by atoms with E-state index in [0.717, 1.165) is 28.2 Å². The van der Waals surface area contributed by atoms with Gasteiger partial charge in [-0.05, 0) is 62.6 Å². The smallest absolute Gasteiger partial charge is 0.408 e. The summed E-state index contributed by atoms with van der Waals surface area (Å²) in [6.45, 7) is 7.28. The van der Waals surface area contributed by atoms with E-state index in [1.165, 1.54) is 4.90 Å². The molecule has 2 heterocycles. The Kier molecular flexibility index (Phi) is 7.54. The van der Waals surface area contributed by atoms with Crippen LogP contribution in [0, 0.1) is 0 Å². The Labute approximate surface area is 190 Å². The Hall–Kier alpha value is -2.80. The van der Waals surface area contributed by atoms with Crippen LogP contribution in [0.15, 0.2) is 36.5 Å². The van der Waals surface area contributed by atoms with Gasteiger partial charge in [-0.25, -0.2) is 9.78 Å². The van der Waals surface area contributed by atoms with E-state index in [9.17, 15) is 14.7 Å². The van der Waals surface area contributed by atoms with Crippen molar-refractivity contribution >= 4 is 35.9 Å². The minimum atomic E-state index is -0.952. The van der Waals surface area contributed by atoms with Crippen molar-refractivity contribution in [1.29, 1.82) is 0 Å². The van der Waals surface area contributed by atoms with Gasteiger partial charge in [0, 0.05) is 50.6 Å². The summed E-state index contributed by atoms with van der Waals surface area (Å²) >= 11 is 0. The predicted molar refractivity (Wildman–Crippen MR) is 126 cm³/mol. The molecule has 1 N–H and O–H groups in total. The summed E-state index contributed by atoms with van der Waals surface area (Å²) in [5, 5.41) is 9.88. The second-order valence-electron chi connectivity index (χ2n) is 8.35. The highest BCUT2D eigenvalue weighted by Gasteiger charge is 2.38. The maximum atomic E-state index is 12.4. The minimum Gasteiger partial charge on any atom is -0.465 e. The van der Waals surface area contributed by atoms with E-state index in [1.807, 2.05) is 76.3 Å². The molecule has 1 aromatic carbocycles. The monoisotopic (exact) mass is 446 g/mol. The molecule has 0 unspecified atom stereocenters.